The molecular formula is C19H28N2O5. The van der Waals surface area contributed by atoms with Crippen LogP contribution in [0.2, 0.25) is 0 Å². The van der Waals surface area contributed by atoms with E-state index in [1.165, 1.54) is 18.2 Å². The summed E-state index contributed by atoms with van der Waals surface area (Å²) in [6, 6.07) is 4.30. The fourth-order valence-corrected chi connectivity index (χ4v) is 2.55. The van der Waals surface area contributed by atoms with Crippen LogP contribution in [0.3, 0.4) is 0 Å². The monoisotopic (exact) mass is 364 g/mol. The fourth-order valence-electron chi connectivity index (χ4n) is 2.55. The maximum atomic E-state index is 12.1. The van der Waals surface area contributed by atoms with Gasteiger partial charge in [0.25, 0.3) is 5.91 Å². The zero-order valence-corrected chi connectivity index (χ0v) is 15.4. The first-order valence-corrected chi connectivity index (χ1v) is 8.96. The van der Waals surface area contributed by atoms with Gasteiger partial charge < -0.3 is 20.8 Å². The van der Waals surface area contributed by atoms with Gasteiger partial charge >= 0.3 is 5.97 Å². The third kappa shape index (κ3) is 8.00. The fraction of sp³-hybridized carbons (Fsp3) is 0.526. The summed E-state index contributed by atoms with van der Waals surface area (Å²) < 4.78 is 0. The number of unbranched alkanes of at least 4 members (excludes halogenated alkanes) is 3. The van der Waals surface area contributed by atoms with E-state index in [4.69, 9.17) is 5.11 Å². The van der Waals surface area contributed by atoms with Gasteiger partial charge in [0.2, 0.25) is 5.91 Å². The Bertz CT molecular complexity index is 630. The lowest BCUT2D eigenvalue weighted by Gasteiger charge is -2.11. The van der Waals surface area contributed by atoms with E-state index in [2.05, 4.69) is 17.6 Å². The molecule has 0 saturated carbocycles. The van der Waals surface area contributed by atoms with Crippen molar-refractivity contribution in [3.63, 3.8) is 0 Å². The molecule has 0 aliphatic carbocycles. The van der Waals surface area contributed by atoms with Crippen molar-refractivity contribution >= 4 is 23.5 Å². The highest BCUT2D eigenvalue weighted by molar-refractivity contribution is 5.98. The maximum Gasteiger partial charge on any atom is 0.303 e. The van der Waals surface area contributed by atoms with E-state index in [0.717, 1.165) is 25.7 Å². The van der Waals surface area contributed by atoms with Crippen LogP contribution in [0.5, 0.6) is 5.75 Å². The molecule has 7 nitrogen and oxygen atoms in total. The van der Waals surface area contributed by atoms with E-state index in [1.807, 2.05) is 0 Å². The normalized spacial score (nSPS) is 11.6. The Morgan fingerprint density at radius 2 is 1.85 bits per heavy atom. The van der Waals surface area contributed by atoms with Gasteiger partial charge in [0.1, 0.15) is 5.75 Å². The SMILES string of the molecule is CCCCCCNC(=O)c1ccc(NC(=O)CC(C)CC(=O)O)cc1O. The minimum Gasteiger partial charge on any atom is -0.507 e. The average molecular weight is 364 g/mol. The zero-order chi connectivity index (χ0) is 19.5. The van der Waals surface area contributed by atoms with Crippen molar-refractivity contribution in [2.24, 2.45) is 5.92 Å². The first-order valence-electron chi connectivity index (χ1n) is 8.96. The Labute approximate surface area is 153 Å². The summed E-state index contributed by atoms with van der Waals surface area (Å²) >= 11 is 0. The van der Waals surface area contributed by atoms with Gasteiger partial charge in [-0.2, -0.15) is 0 Å². The van der Waals surface area contributed by atoms with Crippen molar-refractivity contribution in [2.75, 3.05) is 11.9 Å². The van der Waals surface area contributed by atoms with E-state index >= 15 is 0 Å². The Morgan fingerprint density at radius 1 is 1.12 bits per heavy atom. The van der Waals surface area contributed by atoms with Crippen LogP contribution in [0, 0.1) is 5.92 Å². The quantitative estimate of drug-likeness (QED) is 0.450. The molecule has 0 fully saturated rings. The number of amides is 2. The molecule has 7 heteroatoms. The number of anilines is 1. The van der Waals surface area contributed by atoms with Crippen LogP contribution in [0.4, 0.5) is 5.69 Å². The number of benzene rings is 1. The Kier molecular flexibility index (Phi) is 9.19. The van der Waals surface area contributed by atoms with Gasteiger partial charge in [-0.05, 0) is 24.5 Å². The molecule has 144 valence electrons. The molecule has 1 atom stereocenters. The molecule has 0 spiro atoms. The van der Waals surface area contributed by atoms with Gasteiger partial charge in [0, 0.05) is 31.1 Å². The van der Waals surface area contributed by atoms with Crippen LogP contribution in [0.1, 0.15) is 62.7 Å². The van der Waals surface area contributed by atoms with Gasteiger partial charge in [-0.1, -0.05) is 33.1 Å². The second-order valence-corrected chi connectivity index (χ2v) is 6.50. The number of phenolic OH excluding ortho intramolecular Hbond substituents is 1. The number of aliphatic carboxylic acids is 1. The van der Waals surface area contributed by atoms with Gasteiger partial charge in [-0.25, -0.2) is 0 Å². The summed E-state index contributed by atoms with van der Waals surface area (Å²) in [5.41, 5.74) is 0.507. The molecule has 0 bridgehead atoms. The highest BCUT2D eigenvalue weighted by Gasteiger charge is 2.15. The number of carboxylic acid groups (broad SMARTS) is 1. The highest BCUT2D eigenvalue weighted by Crippen LogP contribution is 2.22. The van der Waals surface area contributed by atoms with Crippen LogP contribution in [-0.2, 0) is 9.59 Å². The molecule has 0 aromatic heterocycles. The van der Waals surface area contributed by atoms with E-state index in [-0.39, 0.29) is 41.9 Å². The van der Waals surface area contributed by atoms with Crippen LogP contribution in [0.25, 0.3) is 0 Å². The molecule has 0 aliphatic rings. The number of aromatic hydroxyl groups is 1. The number of nitrogens with one attached hydrogen (secondary N) is 2. The lowest BCUT2D eigenvalue weighted by molar-refractivity contribution is -0.138. The first kappa shape index (κ1) is 21.5. The second kappa shape index (κ2) is 11.1. The summed E-state index contributed by atoms with van der Waals surface area (Å²) in [7, 11) is 0. The molecule has 26 heavy (non-hydrogen) atoms. The van der Waals surface area contributed by atoms with E-state index in [9.17, 15) is 19.5 Å². The molecule has 0 heterocycles. The molecular weight excluding hydrogens is 336 g/mol. The Hall–Kier alpha value is -2.57. The molecule has 1 aromatic carbocycles. The maximum absolute atomic E-state index is 12.1. The zero-order valence-electron chi connectivity index (χ0n) is 15.4. The van der Waals surface area contributed by atoms with Crippen LogP contribution in [0.15, 0.2) is 18.2 Å². The minimum absolute atomic E-state index is 0.0626. The largest absolute Gasteiger partial charge is 0.507 e. The summed E-state index contributed by atoms with van der Waals surface area (Å²) in [6.45, 7) is 4.35. The van der Waals surface area contributed by atoms with Gasteiger partial charge in [0.05, 0.1) is 5.56 Å². The number of carbonyl (C=O) groups is 3. The minimum atomic E-state index is -0.951. The van der Waals surface area contributed by atoms with Crippen LogP contribution < -0.4 is 10.6 Å². The smallest absolute Gasteiger partial charge is 0.303 e. The van der Waals surface area contributed by atoms with Gasteiger partial charge in [0.15, 0.2) is 0 Å². The molecule has 0 radical (unpaired) electrons. The van der Waals surface area contributed by atoms with Crippen molar-refractivity contribution < 1.29 is 24.6 Å². The molecule has 0 saturated heterocycles. The molecule has 1 rings (SSSR count). The predicted octanol–water partition coefficient (Wildman–Crippen LogP) is 3.14. The molecule has 2 amide bonds. The van der Waals surface area contributed by atoms with Crippen molar-refractivity contribution in [3.8, 4) is 5.75 Å². The van der Waals surface area contributed by atoms with Gasteiger partial charge in [-0.3, -0.25) is 14.4 Å². The summed E-state index contributed by atoms with van der Waals surface area (Å²) in [5.74, 6) is -2.16. The first-order chi connectivity index (χ1) is 12.3. The number of carboxylic acids is 1. The highest BCUT2D eigenvalue weighted by atomic mass is 16.4. The lowest BCUT2D eigenvalue weighted by Crippen LogP contribution is -2.24. The Balaban J connectivity index is 2.54. The van der Waals surface area contributed by atoms with Crippen molar-refractivity contribution in [2.45, 2.75) is 52.4 Å². The standard InChI is InChI=1S/C19H28N2O5/c1-3-4-5-6-9-20-19(26)15-8-7-14(12-16(15)22)21-17(23)10-13(2)11-18(24)25/h7-8,12-13,22H,3-6,9-11H2,1-2H3,(H,20,26)(H,21,23)(H,24,25). The average Bonchev–Trinajstić information content (AvgIpc) is 2.53. The lowest BCUT2D eigenvalue weighted by atomic mass is 10.0. The molecule has 4 N–H and O–H groups in total. The topological polar surface area (TPSA) is 116 Å². The predicted molar refractivity (Wildman–Crippen MR) is 99.2 cm³/mol. The van der Waals surface area contributed by atoms with E-state index < -0.39 is 5.97 Å². The summed E-state index contributed by atoms with van der Waals surface area (Å²) in [5, 5.41) is 24.1. The van der Waals surface area contributed by atoms with E-state index in [0.29, 0.717) is 12.2 Å². The van der Waals surface area contributed by atoms with E-state index in [1.54, 1.807) is 6.92 Å². The molecule has 0 aliphatic heterocycles. The van der Waals surface area contributed by atoms with Crippen molar-refractivity contribution in [3.05, 3.63) is 23.8 Å². The number of carbonyl (C=O) groups excluding carboxylic acids is 2. The third-order valence-corrected chi connectivity index (χ3v) is 3.90. The number of rotatable bonds is 11. The number of hydrogen-bond donors (Lipinski definition) is 4. The Morgan fingerprint density at radius 3 is 2.46 bits per heavy atom. The third-order valence-electron chi connectivity index (χ3n) is 3.90. The van der Waals surface area contributed by atoms with Crippen LogP contribution >= 0.6 is 0 Å². The summed E-state index contributed by atoms with van der Waals surface area (Å²) in [4.78, 5) is 34.6. The molecule has 1 aromatic rings. The molecule has 1 unspecified atom stereocenters. The number of phenols is 1. The number of hydrogen-bond acceptors (Lipinski definition) is 4. The summed E-state index contributed by atoms with van der Waals surface area (Å²) in [6.07, 6.45) is 4.16. The van der Waals surface area contributed by atoms with Crippen LogP contribution in [-0.4, -0.2) is 34.5 Å². The van der Waals surface area contributed by atoms with Crippen molar-refractivity contribution in [1.82, 2.24) is 5.32 Å². The second-order valence-electron chi connectivity index (χ2n) is 6.50. The van der Waals surface area contributed by atoms with Crippen molar-refractivity contribution in [1.29, 1.82) is 0 Å². The van der Waals surface area contributed by atoms with Gasteiger partial charge in [-0.15, -0.1) is 0 Å².